The molecule has 0 saturated carbocycles. The standard InChI is InChI=1S/C22H22ClN4O4/c1-14-13-25(19-9-8-17(27(29)30)12-18(19)23)10-11-26(14)22(28)20-15(2)31-24-21(20)16-6-4-3-5-7-16/h3-9,12,14,29H,10-11,13H2,1-2H3/q-1. The molecule has 2 aromatic carbocycles. The molecule has 0 aliphatic carbocycles. The number of hydrogen-bond donors (Lipinski definition) is 1. The van der Waals surface area contributed by atoms with Gasteiger partial charge in [0.2, 0.25) is 0 Å². The summed E-state index contributed by atoms with van der Waals surface area (Å²) in [7, 11) is 0. The number of amides is 1. The number of nitrogens with zero attached hydrogens (tertiary/aromatic N) is 4. The molecule has 1 atom stereocenters. The first kappa shape index (κ1) is 21.2. The van der Waals surface area contributed by atoms with E-state index in [0.717, 1.165) is 11.3 Å². The van der Waals surface area contributed by atoms with Crippen LogP contribution in [0.2, 0.25) is 5.02 Å². The minimum atomic E-state index is -0.222. The summed E-state index contributed by atoms with van der Waals surface area (Å²) >= 11 is 6.32. The number of halogens is 1. The van der Waals surface area contributed by atoms with Crippen LogP contribution in [0.4, 0.5) is 11.4 Å². The SMILES string of the molecule is Cc1onc(-c2ccccc2)c1C(=O)N1CCN(c2ccc(N([O-])O)cc2Cl)CC1C. The van der Waals surface area contributed by atoms with E-state index in [1.54, 1.807) is 13.0 Å². The van der Waals surface area contributed by atoms with E-state index in [9.17, 15) is 10.0 Å². The Balaban J connectivity index is 1.54. The molecular weight excluding hydrogens is 420 g/mol. The molecule has 1 unspecified atom stereocenters. The zero-order valence-electron chi connectivity index (χ0n) is 17.2. The summed E-state index contributed by atoms with van der Waals surface area (Å²) in [4.78, 5) is 17.3. The molecule has 0 radical (unpaired) electrons. The highest BCUT2D eigenvalue weighted by molar-refractivity contribution is 6.33. The van der Waals surface area contributed by atoms with Crippen molar-refractivity contribution in [1.82, 2.24) is 10.1 Å². The minimum Gasteiger partial charge on any atom is -0.733 e. The fourth-order valence-electron chi connectivity index (χ4n) is 3.91. The van der Waals surface area contributed by atoms with Gasteiger partial charge in [-0.2, -0.15) is 0 Å². The highest BCUT2D eigenvalue weighted by Crippen LogP contribution is 2.32. The molecule has 2 heterocycles. The molecule has 1 aliphatic rings. The summed E-state index contributed by atoms with van der Waals surface area (Å²) < 4.78 is 5.36. The van der Waals surface area contributed by atoms with Crippen molar-refractivity contribution in [3.63, 3.8) is 0 Å². The van der Waals surface area contributed by atoms with E-state index in [0.29, 0.717) is 41.7 Å². The molecule has 162 valence electrons. The molecule has 1 amide bonds. The van der Waals surface area contributed by atoms with Crippen molar-refractivity contribution >= 4 is 28.9 Å². The van der Waals surface area contributed by atoms with Gasteiger partial charge >= 0.3 is 0 Å². The fraction of sp³-hybridized carbons (Fsp3) is 0.273. The Morgan fingerprint density at radius 3 is 2.65 bits per heavy atom. The van der Waals surface area contributed by atoms with Crippen LogP contribution >= 0.6 is 11.6 Å². The summed E-state index contributed by atoms with van der Waals surface area (Å²) in [6, 6.07) is 14.0. The van der Waals surface area contributed by atoms with Gasteiger partial charge < -0.3 is 24.8 Å². The number of hydrogen-bond acceptors (Lipinski definition) is 7. The van der Waals surface area contributed by atoms with Crippen LogP contribution in [0.1, 0.15) is 23.0 Å². The van der Waals surface area contributed by atoms with E-state index in [1.165, 1.54) is 12.1 Å². The highest BCUT2D eigenvalue weighted by Gasteiger charge is 2.33. The van der Waals surface area contributed by atoms with Crippen LogP contribution in [-0.2, 0) is 0 Å². The third-order valence-electron chi connectivity index (χ3n) is 5.51. The van der Waals surface area contributed by atoms with E-state index in [1.807, 2.05) is 42.2 Å². The predicted molar refractivity (Wildman–Crippen MR) is 118 cm³/mol. The third kappa shape index (κ3) is 4.10. The lowest BCUT2D eigenvalue weighted by molar-refractivity contribution is 0.0673. The molecule has 1 aliphatic heterocycles. The fourth-order valence-corrected chi connectivity index (χ4v) is 4.20. The van der Waals surface area contributed by atoms with Crippen LogP contribution < -0.4 is 10.1 Å². The van der Waals surface area contributed by atoms with E-state index >= 15 is 0 Å². The van der Waals surface area contributed by atoms with Gasteiger partial charge in [0, 0.05) is 31.2 Å². The number of aryl methyl sites for hydroxylation is 1. The van der Waals surface area contributed by atoms with Crippen LogP contribution in [0.3, 0.4) is 0 Å². The second kappa shape index (κ2) is 8.58. The molecule has 3 aromatic rings. The van der Waals surface area contributed by atoms with Gasteiger partial charge in [-0.3, -0.25) is 10.0 Å². The van der Waals surface area contributed by atoms with Crippen molar-refractivity contribution in [1.29, 1.82) is 0 Å². The van der Waals surface area contributed by atoms with E-state index in [2.05, 4.69) is 10.1 Å². The summed E-state index contributed by atoms with van der Waals surface area (Å²) in [5, 5.41) is 24.4. The van der Waals surface area contributed by atoms with Crippen molar-refractivity contribution in [2.75, 3.05) is 29.8 Å². The zero-order valence-corrected chi connectivity index (χ0v) is 17.9. The third-order valence-corrected chi connectivity index (χ3v) is 5.81. The minimum absolute atomic E-state index is 0.0620. The largest absolute Gasteiger partial charge is 0.733 e. The molecular formula is C22H22ClN4O4-. The number of aromatic nitrogens is 1. The summed E-state index contributed by atoms with van der Waals surface area (Å²) in [5.74, 6) is 0.372. The Bertz CT molecular complexity index is 1090. The average Bonchev–Trinajstić information content (AvgIpc) is 3.15. The van der Waals surface area contributed by atoms with Crippen LogP contribution in [0, 0.1) is 12.1 Å². The van der Waals surface area contributed by atoms with Crippen LogP contribution in [0.25, 0.3) is 11.3 Å². The van der Waals surface area contributed by atoms with E-state index in [4.69, 9.17) is 21.3 Å². The van der Waals surface area contributed by atoms with Gasteiger partial charge in [-0.1, -0.05) is 47.1 Å². The molecule has 1 saturated heterocycles. The molecule has 9 heteroatoms. The molecule has 1 fully saturated rings. The smallest absolute Gasteiger partial charge is 0.260 e. The van der Waals surface area contributed by atoms with E-state index < -0.39 is 0 Å². The number of benzene rings is 2. The first-order chi connectivity index (χ1) is 14.9. The van der Waals surface area contributed by atoms with Crippen molar-refractivity contribution in [3.05, 3.63) is 70.1 Å². The van der Waals surface area contributed by atoms with Gasteiger partial charge in [0.15, 0.2) is 0 Å². The van der Waals surface area contributed by atoms with Crippen molar-refractivity contribution < 1.29 is 14.5 Å². The topological polar surface area (TPSA) is 96.1 Å². The van der Waals surface area contributed by atoms with Gasteiger partial charge in [0.1, 0.15) is 17.0 Å². The van der Waals surface area contributed by atoms with E-state index in [-0.39, 0.29) is 22.9 Å². The lowest BCUT2D eigenvalue weighted by atomic mass is 10.0. The normalized spacial score (nSPS) is 16.5. The van der Waals surface area contributed by atoms with Gasteiger partial charge in [-0.25, -0.2) is 0 Å². The summed E-state index contributed by atoms with van der Waals surface area (Å²) in [5.41, 5.74) is 2.66. The maximum Gasteiger partial charge on any atom is 0.260 e. The predicted octanol–water partition coefficient (Wildman–Crippen LogP) is 4.35. The second-order valence-corrected chi connectivity index (χ2v) is 7.94. The van der Waals surface area contributed by atoms with Gasteiger partial charge in [0.05, 0.1) is 16.4 Å². The molecule has 8 nitrogen and oxygen atoms in total. The molecule has 1 N–H and O–H groups in total. The van der Waals surface area contributed by atoms with Gasteiger partial charge in [-0.15, -0.1) is 0 Å². The Labute approximate surface area is 184 Å². The lowest BCUT2D eigenvalue weighted by Crippen LogP contribution is -2.54. The van der Waals surface area contributed by atoms with Crippen LogP contribution in [0.5, 0.6) is 0 Å². The Hall–Kier alpha value is -3.07. The zero-order chi connectivity index (χ0) is 22.1. The Morgan fingerprint density at radius 1 is 1.26 bits per heavy atom. The Morgan fingerprint density at radius 2 is 2.00 bits per heavy atom. The molecule has 1 aromatic heterocycles. The lowest BCUT2D eigenvalue weighted by Gasteiger charge is -2.41. The first-order valence-corrected chi connectivity index (χ1v) is 10.3. The van der Waals surface area contributed by atoms with Crippen molar-refractivity contribution in [2.24, 2.45) is 0 Å². The number of carbonyl (C=O) groups excluding carboxylic acids is 1. The first-order valence-electron chi connectivity index (χ1n) is 9.90. The number of piperazine rings is 1. The molecule has 0 spiro atoms. The summed E-state index contributed by atoms with van der Waals surface area (Å²) in [6.45, 7) is 5.35. The monoisotopic (exact) mass is 441 g/mol. The number of carbonyl (C=O) groups is 1. The molecule has 31 heavy (non-hydrogen) atoms. The molecule has 0 bridgehead atoms. The van der Waals surface area contributed by atoms with Crippen molar-refractivity contribution in [3.8, 4) is 11.3 Å². The average molecular weight is 442 g/mol. The quantitative estimate of drug-likeness (QED) is 0.601. The maximum atomic E-state index is 13.4. The second-order valence-electron chi connectivity index (χ2n) is 7.53. The highest BCUT2D eigenvalue weighted by atomic mass is 35.5. The van der Waals surface area contributed by atoms with Gasteiger partial charge in [-0.05, 0) is 32.0 Å². The van der Waals surface area contributed by atoms with Gasteiger partial charge in [0.25, 0.3) is 5.91 Å². The summed E-state index contributed by atoms with van der Waals surface area (Å²) in [6.07, 6.45) is 0. The van der Waals surface area contributed by atoms with Crippen LogP contribution in [0.15, 0.2) is 53.1 Å². The maximum absolute atomic E-state index is 13.4. The van der Waals surface area contributed by atoms with Crippen molar-refractivity contribution in [2.45, 2.75) is 19.9 Å². The van der Waals surface area contributed by atoms with Crippen LogP contribution in [-0.4, -0.2) is 46.8 Å². The Kier molecular flexibility index (Phi) is 5.86. The number of anilines is 2. The number of rotatable bonds is 4. The molecule has 4 rings (SSSR count).